The maximum atomic E-state index is 13.7. The number of benzene rings is 2. The lowest BCUT2D eigenvalue weighted by Crippen LogP contribution is -2.39. The van der Waals surface area contributed by atoms with Crippen LogP contribution in [0.5, 0.6) is 0 Å². The van der Waals surface area contributed by atoms with Gasteiger partial charge in [-0.2, -0.15) is 0 Å². The summed E-state index contributed by atoms with van der Waals surface area (Å²) in [7, 11) is 0. The molecule has 5 nitrogen and oxygen atoms in total. The molecule has 1 amide bonds. The minimum absolute atomic E-state index is 0.0710. The lowest BCUT2D eigenvalue weighted by molar-refractivity contribution is 0.0653. The second-order valence-electron chi connectivity index (χ2n) is 7.84. The first kappa shape index (κ1) is 24.3. The zero-order chi connectivity index (χ0) is 23.3. The molecule has 32 heavy (non-hydrogen) atoms. The summed E-state index contributed by atoms with van der Waals surface area (Å²) >= 11 is 12.4. The molecule has 2 aromatic carbocycles. The Balaban J connectivity index is 2.17. The number of para-hydroxylation sites is 1. The van der Waals surface area contributed by atoms with E-state index in [1.807, 2.05) is 32.0 Å². The number of aromatic nitrogens is 2. The van der Waals surface area contributed by atoms with E-state index in [2.05, 4.69) is 6.92 Å². The molecular formula is C25H29Cl2N3O2. The standard InChI is InChI=1S/C25H29Cl2N3O2/c1-4-7-15-29(24(31)18-13-12-17(26)16-20(18)27)22(6-3)23-28-21-11-9-8-10-19(21)25(32)30(23)14-5-2/h8-13,16,22H,4-7,14-15H2,1-3H3. The molecule has 3 aromatic rings. The predicted octanol–water partition coefficient (Wildman–Crippen LogP) is 6.51. The van der Waals surface area contributed by atoms with Crippen LogP contribution in [0.3, 0.4) is 0 Å². The van der Waals surface area contributed by atoms with Crippen molar-refractivity contribution >= 4 is 40.0 Å². The zero-order valence-corrected chi connectivity index (χ0v) is 20.3. The predicted molar refractivity (Wildman–Crippen MR) is 132 cm³/mol. The Morgan fingerprint density at radius 3 is 2.50 bits per heavy atom. The molecule has 3 rings (SSSR count). The van der Waals surface area contributed by atoms with Gasteiger partial charge in [-0.1, -0.05) is 62.5 Å². The molecule has 0 radical (unpaired) electrons. The number of hydrogen-bond donors (Lipinski definition) is 0. The number of hydrogen-bond acceptors (Lipinski definition) is 3. The Kier molecular flexibility index (Phi) is 8.32. The van der Waals surface area contributed by atoms with Crippen molar-refractivity contribution in [3.05, 3.63) is 74.3 Å². The van der Waals surface area contributed by atoms with Crippen LogP contribution < -0.4 is 5.56 Å². The first-order chi connectivity index (χ1) is 15.4. The molecular weight excluding hydrogens is 445 g/mol. The number of unbranched alkanes of at least 4 members (excludes halogenated alkanes) is 1. The maximum Gasteiger partial charge on any atom is 0.261 e. The molecule has 0 aliphatic rings. The van der Waals surface area contributed by atoms with Crippen LogP contribution in [0.25, 0.3) is 10.9 Å². The highest BCUT2D eigenvalue weighted by Crippen LogP contribution is 2.29. The van der Waals surface area contributed by atoms with Gasteiger partial charge in [0, 0.05) is 18.1 Å². The molecule has 0 aliphatic carbocycles. The SMILES string of the molecule is CCCCN(C(=O)c1ccc(Cl)cc1Cl)C(CC)c1nc2ccccc2c(=O)n1CCC. The van der Waals surface area contributed by atoms with E-state index < -0.39 is 0 Å². The van der Waals surface area contributed by atoms with Crippen molar-refractivity contribution in [1.29, 1.82) is 0 Å². The van der Waals surface area contributed by atoms with Crippen molar-refractivity contribution in [2.75, 3.05) is 6.54 Å². The largest absolute Gasteiger partial charge is 0.328 e. The van der Waals surface area contributed by atoms with Gasteiger partial charge in [-0.15, -0.1) is 0 Å². The van der Waals surface area contributed by atoms with Crippen LogP contribution in [0.2, 0.25) is 10.0 Å². The number of halogens is 2. The molecule has 0 saturated carbocycles. The van der Waals surface area contributed by atoms with Gasteiger partial charge < -0.3 is 4.90 Å². The van der Waals surface area contributed by atoms with Crippen LogP contribution >= 0.6 is 23.2 Å². The molecule has 1 heterocycles. The topological polar surface area (TPSA) is 55.2 Å². The summed E-state index contributed by atoms with van der Waals surface area (Å²) < 4.78 is 1.73. The lowest BCUT2D eigenvalue weighted by Gasteiger charge is -2.32. The molecule has 0 saturated heterocycles. The van der Waals surface area contributed by atoms with Gasteiger partial charge in [0.05, 0.1) is 27.5 Å². The van der Waals surface area contributed by atoms with Gasteiger partial charge in [-0.3, -0.25) is 14.2 Å². The second-order valence-corrected chi connectivity index (χ2v) is 8.69. The minimum atomic E-state index is -0.357. The van der Waals surface area contributed by atoms with E-state index in [9.17, 15) is 9.59 Å². The molecule has 1 atom stereocenters. The van der Waals surface area contributed by atoms with Crippen LogP contribution in [0.15, 0.2) is 47.3 Å². The maximum absolute atomic E-state index is 13.7. The number of nitrogens with zero attached hydrogens (tertiary/aromatic N) is 3. The first-order valence-corrected chi connectivity index (χ1v) is 11.9. The lowest BCUT2D eigenvalue weighted by atomic mass is 10.1. The highest BCUT2D eigenvalue weighted by molar-refractivity contribution is 6.36. The minimum Gasteiger partial charge on any atom is -0.328 e. The third-order valence-electron chi connectivity index (χ3n) is 5.57. The van der Waals surface area contributed by atoms with E-state index in [1.165, 1.54) is 0 Å². The van der Waals surface area contributed by atoms with Crippen molar-refractivity contribution < 1.29 is 4.79 Å². The fourth-order valence-corrected chi connectivity index (χ4v) is 4.46. The summed E-state index contributed by atoms with van der Waals surface area (Å²) in [6.45, 7) is 7.21. The number of fused-ring (bicyclic) bond motifs is 1. The van der Waals surface area contributed by atoms with Gasteiger partial charge in [0.2, 0.25) is 0 Å². The van der Waals surface area contributed by atoms with Gasteiger partial charge in [0.1, 0.15) is 5.82 Å². The fourth-order valence-electron chi connectivity index (χ4n) is 3.97. The van der Waals surface area contributed by atoms with Crippen molar-refractivity contribution in [1.82, 2.24) is 14.5 Å². The van der Waals surface area contributed by atoms with Crippen molar-refractivity contribution in [2.45, 2.75) is 59.0 Å². The third kappa shape index (κ3) is 5.00. The normalized spacial score (nSPS) is 12.2. The van der Waals surface area contributed by atoms with Gasteiger partial charge in [0.25, 0.3) is 11.5 Å². The molecule has 0 N–H and O–H groups in total. The Morgan fingerprint density at radius 2 is 1.84 bits per heavy atom. The Hall–Kier alpha value is -2.37. The van der Waals surface area contributed by atoms with E-state index in [1.54, 1.807) is 33.7 Å². The van der Waals surface area contributed by atoms with E-state index >= 15 is 0 Å². The van der Waals surface area contributed by atoms with Crippen LogP contribution in [0, 0.1) is 0 Å². The molecule has 170 valence electrons. The summed E-state index contributed by atoms with van der Waals surface area (Å²) in [5, 5.41) is 1.38. The number of carbonyl (C=O) groups is 1. The molecule has 0 bridgehead atoms. The van der Waals surface area contributed by atoms with Crippen LogP contribution in [0.4, 0.5) is 0 Å². The summed E-state index contributed by atoms with van der Waals surface area (Å²) in [5.74, 6) is 0.435. The van der Waals surface area contributed by atoms with Crippen LogP contribution in [-0.2, 0) is 6.54 Å². The molecule has 0 fully saturated rings. The molecule has 1 unspecified atom stereocenters. The molecule has 7 heteroatoms. The van der Waals surface area contributed by atoms with Crippen molar-refractivity contribution in [3.8, 4) is 0 Å². The summed E-state index contributed by atoms with van der Waals surface area (Å²) in [4.78, 5) is 33.7. The molecule has 1 aromatic heterocycles. The highest BCUT2D eigenvalue weighted by atomic mass is 35.5. The summed E-state index contributed by atoms with van der Waals surface area (Å²) in [6.07, 6.45) is 3.17. The number of amides is 1. The highest BCUT2D eigenvalue weighted by Gasteiger charge is 2.29. The van der Waals surface area contributed by atoms with Gasteiger partial charge in [-0.05, 0) is 49.6 Å². The number of carbonyl (C=O) groups excluding carboxylic acids is 1. The molecule has 0 spiro atoms. The average Bonchev–Trinajstić information content (AvgIpc) is 2.78. The average molecular weight is 474 g/mol. The van der Waals surface area contributed by atoms with E-state index in [4.69, 9.17) is 28.2 Å². The van der Waals surface area contributed by atoms with Crippen LogP contribution in [0.1, 0.15) is 68.7 Å². The summed E-state index contributed by atoms with van der Waals surface area (Å²) in [5.41, 5.74) is 0.972. The zero-order valence-electron chi connectivity index (χ0n) is 18.8. The van der Waals surface area contributed by atoms with Gasteiger partial charge in [-0.25, -0.2) is 4.98 Å². The first-order valence-electron chi connectivity index (χ1n) is 11.2. The van der Waals surface area contributed by atoms with Gasteiger partial charge >= 0.3 is 0 Å². The Labute approximate surface area is 199 Å². The Bertz CT molecular complexity index is 1160. The Morgan fingerprint density at radius 1 is 1.09 bits per heavy atom. The number of rotatable bonds is 9. The molecule has 0 aliphatic heterocycles. The van der Waals surface area contributed by atoms with Crippen molar-refractivity contribution in [2.24, 2.45) is 0 Å². The van der Waals surface area contributed by atoms with Crippen LogP contribution in [-0.4, -0.2) is 26.9 Å². The quantitative estimate of drug-likeness (QED) is 0.355. The van der Waals surface area contributed by atoms with E-state index in [-0.39, 0.29) is 17.5 Å². The van der Waals surface area contributed by atoms with E-state index in [0.717, 1.165) is 19.3 Å². The third-order valence-corrected chi connectivity index (χ3v) is 6.12. The smallest absolute Gasteiger partial charge is 0.261 e. The fraction of sp³-hybridized carbons (Fsp3) is 0.400. The second kappa shape index (κ2) is 11.0. The summed E-state index contributed by atoms with van der Waals surface area (Å²) in [6, 6.07) is 11.9. The van der Waals surface area contributed by atoms with Crippen molar-refractivity contribution in [3.63, 3.8) is 0 Å². The van der Waals surface area contributed by atoms with Gasteiger partial charge in [0.15, 0.2) is 0 Å². The van der Waals surface area contributed by atoms with E-state index in [0.29, 0.717) is 51.8 Å². The monoisotopic (exact) mass is 473 g/mol.